The van der Waals surface area contributed by atoms with Gasteiger partial charge in [-0.15, -0.1) is 0 Å². The van der Waals surface area contributed by atoms with Crippen molar-refractivity contribution in [2.45, 2.75) is 38.3 Å². The minimum atomic E-state index is -3.20. The number of ether oxygens (including phenoxy) is 1. The highest BCUT2D eigenvalue weighted by atomic mass is 32.2. The maximum atomic E-state index is 11.7. The maximum absolute atomic E-state index is 11.7. The van der Waals surface area contributed by atoms with E-state index in [1.54, 1.807) is 20.0 Å². The number of rotatable bonds is 7. The first-order valence-electron chi connectivity index (χ1n) is 9.17. The third-order valence-corrected chi connectivity index (χ3v) is 5.56. The molecule has 28 heavy (non-hydrogen) atoms. The number of benzene rings is 2. The topological polar surface area (TPSA) is 79.8 Å². The van der Waals surface area contributed by atoms with Crippen molar-refractivity contribution in [1.29, 1.82) is 0 Å². The van der Waals surface area contributed by atoms with Gasteiger partial charge in [0.15, 0.2) is 15.8 Å². The molecule has 2 rings (SSSR count). The summed E-state index contributed by atoms with van der Waals surface area (Å²) in [4.78, 5) is 4.58. The second-order valence-corrected chi connectivity index (χ2v) is 8.86. The average molecular weight is 404 g/mol. The molecule has 7 heteroatoms. The van der Waals surface area contributed by atoms with Crippen LogP contribution in [0.2, 0.25) is 0 Å². The molecule has 0 saturated heterocycles. The lowest BCUT2D eigenvalue weighted by Gasteiger charge is -2.19. The van der Waals surface area contributed by atoms with Crippen molar-refractivity contribution >= 4 is 15.8 Å². The smallest absolute Gasteiger partial charge is 0.191 e. The predicted octanol–water partition coefficient (Wildman–Crippen LogP) is 2.84. The maximum Gasteiger partial charge on any atom is 0.191 e. The summed E-state index contributed by atoms with van der Waals surface area (Å²) in [7, 11) is -1.50. The van der Waals surface area contributed by atoms with Crippen molar-refractivity contribution in [3.63, 3.8) is 0 Å². The van der Waals surface area contributed by atoms with Gasteiger partial charge in [0, 0.05) is 19.8 Å². The Balaban J connectivity index is 1.88. The number of hydrogen-bond donors (Lipinski definition) is 2. The van der Waals surface area contributed by atoms with E-state index in [0.29, 0.717) is 23.9 Å². The monoisotopic (exact) mass is 403 g/mol. The van der Waals surface area contributed by atoms with Crippen LogP contribution < -0.4 is 15.4 Å². The quantitative estimate of drug-likeness (QED) is 0.549. The van der Waals surface area contributed by atoms with E-state index in [-0.39, 0.29) is 6.10 Å². The molecule has 6 nitrogen and oxygen atoms in total. The number of nitrogens with zero attached hydrogens (tertiary/aromatic N) is 1. The predicted molar refractivity (Wildman–Crippen MR) is 114 cm³/mol. The van der Waals surface area contributed by atoms with Gasteiger partial charge in [-0.1, -0.05) is 30.3 Å². The SMILES string of the molecule is CN=C(NCc1ccc(S(C)(=O)=O)c(C)c1)NCC(C)Oc1ccccc1C. The molecule has 0 fully saturated rings. The highest BCUT2D eigenvalue weighted by molar-refractivity contribution is 7.90. The van der Waals surface area contributed by atoms with E-state index in [9.17, 15) is 8.42 Å². The van der Waals surface area contributed by atoms with E-state index >= 15 is 0 Å². The summed E-state index contributed by atoms with van der Waals surface area (Å²) in [5, 5.41) is 6.48. The molecule has 0 aromatic heterocycles. The van der Waals surface area contributed by atoms with Crippen LogP contribution >= 0.6 is 0 Å². The van der Waals surface area contributed by atoms with Gasteiger partial charge in [0.25, 0.3) is 0 Å². The van der Waals surface area contributed by atoms with Crippen molar-refractivity contribution in [3.8, 4) is 5.75 Å². The normalized spacial score (nSPS) is 13.1. The van der Waals surface area contributed by atoms with E-state index in [1.807, 2.05) is 50.2 Å². The number of sulfone groups is 1. The van der Waals surface area contributed by atoms with Gasteiger partial charge < -0.3 is 15.4 Å². The fourth-order valence-electron chi connectivity index (χ4n) is 2.83. The van der Waals surface area contributed by atoms with Gasteiger partial charge in [-0.2, -0.15) is 0 Å². The Hall–Kier alpha value is -2.54. The molecule has 2 N–H and O–H groups in total. The zero-order valence-corrected chi connectivity index (χ0v) is 17.9. The van der Waals surface area contributed by atoms with Crippen LogP contribution in [0.4, 0.5) is 0 Å². The van der Waals surface area contributed by atoms with Crippen molar-refractivity contribution in [3.05, 3.63) is 59.2 Å². The molecule has 0 bridgehead atoms. The van der Waals surface area contributed by atoms with E-state index in [1.165, 1.54) is 6.26 Å². The third kappa shape index (κ3) is 6.27. The van der Waals surface area contributed by atoms with E-state index < -0.39 is 9.84 Å². The fourth-order valence-corrected chi connectivity index (χ4v) is 3.79. The van der Waals surface area contributed by atoms with Gasteiger partial charge in [0.05, 0.1) is 11.4 Å². The molecule has 1 unspecified atom stereocenters. The fraction of sp³-hybridized carbons (Fsp3) is 0.381. The number of aliphatic imine (C=N–C) groups is 1. The molecule has 0 saturated carbocycles. The lowest BCUT2D eigenvalue weighted by atomic mass is 10.1. The zero-order chi connectivity index (χ0) is 20.7. The molecule has 2 aromatic rings. The lowest BCUT2D eigenvalue weighted by molar-refractivity contribution is 0.222. The van der Waals surface area contributed by atoms with Crippen LogP contribution in [0.15, 0.2) is 52.4 Å². The Labute approximate surface area is 168 Å². The summed E-state index contributed by atoms with van der Waals surface area (Å²) >= 11 is 0. The molecule has 0 spiro atoms. The average Bonchev–Trinajstić information content (AvgIpc) is 2.63. The van der Waals surface area contributed by atoms with Crippen molar-refractivity contribution in [2.24, 2.45) is 4.99 Å². The Morgan fingerprint density at radius 1 is 1.11 bits per heavy atom. The van der Waals surface area contributed by atoms with Crippen molar-refractivity contribution < 1.29 is 13.2 Å². The Morgan fingerprint density at radius 2 is 1.82 bits per heavy atom. The second kappa shape index (κ2) is 9.59. The van der Waals surface area contributed by atoms with Crippen LogP contribution in [0.3, 0.4) is 0 Å². The molecule has 0 radical (unpaired) electrons. The molecular weight excluding hydrogens is 374 g/mol. The van der Waals surface area contributed by atoms with Crippen LogP contribution in [0.25, 0.3) is 0 Å². The first-order valence-corrected chi connectivity index (χ1v) is 11.1. The van der Waals surface area contributed by atoms with Crippen molar-refractivity contribution in [1.82, 2.24) is 10.6 Å². The van der Waals surface area contributed by atoms with Gasteiger partial charge in [-0.05, 0) is 49.6 Å². The van der Waals surface area contributed by atoms with Crippen LogP contribution in [-0.4, -0.2) is 40.3 Å². The van der Waals surface area contributed by atoms with Crippen LogP contribution in [0.5, 0.6) is 5.75 Å². The third-order valence-electron chi connectivity index (χ3n) is 4.30. The minimum absolute atomic E-state index is 0.0315. The highest BCUT2D eigenvalue weighted by Gasteiger charge is 2.11. The summed E-state index contributed by atoms with van der Waals surface area (Å²) in [6, 6.07) is 13.3. The van der Waals surface area contributed by atoms with E-state index in [4.69, 9.17) is 4.74 Å². The number of guanidine groups is 1. The molecule has 0 amide bonds. The van der Waals surface area contributed by atoms with Crippen LogP contribution in [-0.2, 0) is 16.4 Å². The second-order valence-electron chi connectivity index (χ2n) is 6.87. The first-order chi connectivity index (χ1) is 13.2. The van der Waals surface area contributed by atoms with Crippen LogP contribution in [0, 0.1) is 13.8 Å². The number of para-hydroxylation sites is 1. The number of aryl methyl sites for hydroxylation is 2. The lowest BCUT2D eigenvalue weighted by Crippen LogP contribution is -2.41. The summed E-state index contributed by atoms with van der Waals surface area (Å²) in [6.45, 7) is 6.96. The van der Waals surface area contributed by atoms with E-state index in [0.717, 1.165) is 22.4 Å². The largest absolute Gasteiger partial charge is 0.489 e. The van der Waals surface area contributed by atoms with Gasteiger partial charge in [-0.25, -0.2) is 8.42 Å². The first kappa shape index (κ1) is 21.8. The molecule has 152 valence electrons. The molecule has 1 atom stereocenters. The molecule has 2 aromatic carbocycles. The number of hydrogen-bond acceptors (Lipinski definition) is 4. The molecule has 0 aliphatic rings. The summed E-state index contributed by atoms with van der Waals surface area (Å²) < 4.78 is 29.4. The zero-order valence-electron chi connectivity index (χ0n) is 17.1. The van der Waals surface area contributed by atoms with Gasteiger partial charge >= 0.3 is 0 Å². The minimum Gasteiger partial charge on any atom is -0.489 e. The van der Waals surface area contributed by atoms with Crippen LogP contribution in [0.1, 0.15) is 23.6 Å². The summed E-state index contributed by atoms with van der Waals surface area (Å²) in [6.07, 6.45) is 1.19. The summed E-state index contributed by atoms with van der Waals surface area (Å²) in [5.74, 6) is 1.53. The highest BCUT2D eigenvalue weighted by Crippen LogP contribution is 2.18. The molecule has 0 heterocycles. The van der Waals surface area contributed by atoms with Gasteiger partial charge in [-0.3, -0.25) is 4.99 Å². The van der Waals surface area contributed by atoms with Gasteiger partial charge in [0.2, 0.25) is 0 Å². The molecule has 0 aliphatic carbocycles. The van der Waals surface area contributed by atoms with E-state index in [2.05, 4.69) is 15.6 Å². The Kier molecular flexibility index (Phi) is 7.45. The van der Waals surface area contributed by atoms with Gasteiger partial charge in [0.1, 0.15) is 11.9 Å². The Bertz CT molecular complexity index is 940. The summed E-state index contributed by atoms with van der Waals surface area (Å²) in [5.41, 5.74) is 2.83. The standard InChI is InChI=1S/C21H29N3O3S/c1-15-8-6-7-9-19(15)27-17(3)13-23-21(22-4)24-14-18-10-11-20(16(2)12-18)28(5,25)26/h6-12,17H,13-14H2,1-5H3,(H2,22,23,24). The Morgan fingerprint density at radius 3 is 2.43 bits per heavy atom. The molecular formula is C21H29N3O3S. The molecule has 0 aliphatic heterocycles. The van der Waals surface area contributed by atoms with Crippen molar-refractivity contribution in [2.75, 3.05) is 19.8 Å². The number of nitrogens with one attached hydrogen (secondary N) is 2.